The van der Waals surface area contributed by atoms with Crippen molar-refractivity contribution in [2.45, 2.75) is 45.6 Å². The number of hydrogen-bond acceptors (Lipinski definition) is 2. The molecular weight excluding hydrogens is 260 g/mol. The molecule has 0 spiro atoms. The topological polar surface area (TPSA) is 33.2 Å². The Labute approximate surface area is 120 Å². The number of hydrogen-bond donors (Lipinski definition) is 0. The number of nitrogens with zero attached hydrogens (tertiary/aromatic N) is 2. The molecule has 1 aliphatic heterocycles. The fourth-order valence-corrected chi connectivity index (χ4v) is 2.87. The first-order chi connectivity index (χ1) is 9.19. The molecule has 0 bridgehead atoms. The zero-order valence-electron chi connectivity index (χ0n) is 11.4. The first kappa shape index (κ1) is 14.3. The van der Waals surface area contributed by atoms with E-state index in [2.05, 4.69) is 11.9 Å². The monoisotopic (exact) mass is 280 g/mol. The molecule has 1 atom stereocenters. The second-order valence-corrected chi connectivity index (χ2v) is 5.64. The molecule has 0 radical (unpaired) electrons. The lowest BCUT2D eigenvalue weighted by Gasteiger charge is -2.20. The van der Waals surface area contributed by atoms with Crippen molar-refractivity contribution < 1.29 is 4.79 Å². The molecule has 0 saturated carbocycles. The minimum absolute atomic E-state index is 0.250. The minimum atomic E-state index is 0.250. The van der Waals surface area contributed by atoms with Gasteiger partial charge in [0.05, 0.1) is 12.2 Å². The summed E-state index contributed by atoms with van der Waals surface area (Å²) in [6.07, 6.45) is 5.25. The molecule has 2 rings (SSSR count). The fraction of sp³-hybridized carbons (Fsp3) is 0.600. The maximum absolute atomic E-state index is 12.1. The van der Waals surface area contributed by atoms with E-state index >= 15 is 0 Å². The van der Waals surface area contributed by atoms with Crippen molar-refractivity contribution in [2.75, 3.05) is 6.54 Å². The minimum Gasteiger partial charge on any atom is -0.337 e. The number of aromatic nitrogens is 1. The van der Waals surface area contributed by atoms with Gasteiger partial charge in [0.25, 0.3) is 0 Å². The Kier molecular flexibility index (Phi) is 5.20. The van der Waals surface area contributed by atoms with Crippen LogP contribution in [0.15, 0.2) is 18.2 Å². The maximum atomic E-state index is 12.1. The van der Waals surface area contributed by atoms with Gasteiger partial charge in [-0.25, -0.2) is 4.98 Å². The zero-order valence-corrected chi connectivity index (χ0v) is 12.2. The van der Waals surface area contributed by atoms with Crippen molar-refractivity contribution in [2.24, 2.45) is 5.92 Å². The second kappa shape index (κ2) is 6.90. The number of pyridine rings is 1. The first-order valence-corrected chi connectivity index (χ1v) is 7.46. The fourth-order valence-electron chi connectivity index (χ4n) is 2.69. The van der Waals surface area contributed by atoms with Crippen LogP contribution in [0.3, 0.4) is 0 Å². The summed E-state index contributed by atoms with van der Waals surface area (Å²) >= 11 is 5.88. The van der Waals surface area contributed by atoms with E-state index in [0.717, 1.165) is 25.1 Å². The molecular formula is C15H21ClN2O. The molecule has 3 nitrogen and oxygen atoms in total. The van der Waals surface area contributed by atoms with Gasteiger partial charge in [-0.15, -0.1) is 0 Å². The Morgan fingerprint density at radius 1 is 1.42 bits per heavy atom. The average Bonchev–Trinajstić information content (AvgIpc) is 2.55. The van der Waals surface area contributed by atoms with E-state index in [1.165, 1.54) is 12.8 Å². The second-order valence-electron chi connectivity index (χ2n) is 5.25. The molecule has 0 aliphatic carbocycles. The standard InChI is InChI=1S/C15H21ClN2O/c1-2-4-12-7-8-15(19)18(10-9-12)11-13-5-3-6-14(16)17-13/h3,5-6,12H,2,4,7-11H2,1H3. The van der Waals surface area contributed by atoms with Crippen LogP contribution in [0, 0.1) is 5.92 Å². The largest absolute Gasteiger partial charge is 0.337 e. The molecule has 2 heterocycles. The Morgan fingerprint density at radius 3 is 3.00 bits per heavy atom. The van der Waals surface area contributed by atoms with Gasteiger partial charge in [0.1, 0.15) is 5.15 Å². The molecule has 1 amide bonds. The number of rotatable bonds is 4. The van der Waals surface area contributed by atoms with E-state index in [1.807, 2.05) is 17.0 Å². The number of carbonyl (C=O) groups is 1. The average molecular weight is 281 g/mol. The predicted molar refractivity (Wildman–Crippen MR) is 76.9 cm³/mol. The van der Waals surface area contributed by atoms with Gasteiger partial charge in [-0.05, 0) is 30.9 Å². The van der Waals surface area contributed by atoms with Gasteiger partial charge in [-0.2, -0.15) is 0 Å². The molecule has 1 aromatic rings. The first-order valence-electron chi connectivity index (χ1n) is 7.08. The number of halogens is 1. The van der Waals surface area contributed by atoms with Gasteiger partial charge >= 0.3 is 0 Å². The van der Waals surface area contributed by atoms with E-state index in [9.17, 15) is 4.79 Å². The highest BCUT2D eigenvalue weighted by Gasteiger charge is 2.22. The van der Waals surface area contributed by atoms with Gasteiger partial charge in [-0.1, -0.05) is 37.4 Å². The van der Waals surface area contributed by atoms with Crippen molar-refractivity contribution in [3.05, 3.63) is 29.0 Å². The van der Waals surface area contributed by atoms with E-state index in [1.54, 1.807) is 6.07 Å². The molecule has 1 saturated heterocycles. The van der Waals surface area contributed by atoms with Gasteiger partial charge in [0.15, 0.2) is 0 Å². The van der Waals surface area contributed by atoms with Crippen LogP contribution in [-0.2, 0) is 11.3 Å². The van der Waals surface area contributed by atoms with Gasteiger partial charge < -0.3 is 4.90 Å². The number of carbonyl (C=O) groups excluding carboxylic acids is 1. The molecule has 104 valence electrons. The highest BCUT2D eigenvalue weighted by atomic mass is 35.5. The van der Waals surface area contributed by atoms with Crippen LogP contribution in [0.4, 0.5) is 0 Å². The quantitative estimate of drug-likeness (QED) is 0.789. The van der Waals surface area contributed by atoms with Crippen molar-refractivity contribution in [3.63, 3.8) is 0 Å². The molecule has 19 heavy (non-hydrogen) atoms. The summed E-state index contributed by atoms with van der Waals surface area (Å²) in [6, 6.07) is 5.56. The van der Waals surface area contributed by atoms with Gasteiger partial charge in [-0.3, -0.25) is 4.79 Å². The maximum Gasteiger partial charge on any atom is 0.222 e. The summed E-state index contributed by atoms with van der Waals surface area (Å²) in [5.41, 5.74) is 0.870. The summed E-state index contributed by atoms with van der Waals surface area (Å²) in [5.74, 6) is 0.951. The summed E-state index contributed by atoms with van der Waals surface area (Å²) in [5, 5.41) is 0.489. The van der Waals surface area contributed by atoms with Crippen LogP contribution in [0.25, 0.3) is 0 Å². The third-order valence-electron chi connectivity index (χ3n) is 3.75. The molecule has 1 fully saturated rings. The van der Waals surface area contributed by atoms with E-state index < -0.39 is 0 Å². The van der Waals surface area contributed by atoms with Crippen LogP contribution in [0.2, 0.25) is 5.15 Å². The Hall–Kier alpha value is -1.09. The van der Waals surface area contributed by atoms with E-state index in [0.29, 0.717) is 24.0 Å². The highest BCUT2D eigenvalue weighted by molar-refractivity contribution is 6.29. The van der Waals surface area contributed by atoms with Gasteiger partial charge in [0.2, 0.25) is 5.91 Å². The lowest BCUT2D eigenvalue weighted by Crippen LogP contribution is -2.30. The van der Waals surface area contributed by atoms with Crippen LogP contribution in [0.5, 0.6) is 0 Å². The SMILES string of the molecule is CCCC1CCC(=O)N(Cc2cccc(Cl)n2)CC1. The zero-order chi connectivity index (χ0) is 13.7. The van der Waals surface area contributed by atoms with E-state index in [-0.39, 0.29) is 5.91 Å². The molecule has 1 unspecified atom stereocenters. The summed E-state index contributed by atoms with van der Waals surface area (Å²) in [7, 11) is 0. The summed E-state index contributed by atoms with van der Waals surface area (Å²) in [6.45, 7) is 3.64. The third kappa shape index (κ3) is 4.20. The van der Waals surface area contributed by atoms with Crippen molar-refractivity contribution >= 4 is 17.5 Å². The molecule has 1 aliphatic rings. The normalized spacial score (nSPS) is 20.4. The third-order valence-corrected chi connectivity index (χ3v) is 3.96. The highest BCUT2D eigenvalue weighted by Crippen LogP contribution is 2.23. The molecule has 0 aromatic carbocycles. The summed E-state index contributed by atoms with van der Waals surface area (Å²) < 4.78 is 0. The van der Waals surface area contributed by atoms with Crippen LogP contribution in [0.1, 0.15) is 44.7 Å². The van der Waals surface area contributed by atoms with Crippen molar-refractivity contribution in [1.82, 2.24) is 9.88 Å². The van der Waals surface area contributed by atoms with Crippen LogP contribution in [-0.4, -0.2) is 22.3 Å². The predicted octanol–water partition coefficient (Wildman–Crippen LogP) is 3.66. The Bertz CT molecular complexity index is 436. The van der Waals surface area contributed by atoms with Crippen LogP contribution < -0.4 is 0 Å². The summed E-state index contributed by atoms with van der Waals surface area (Å²) in [4.78, 5) is 18.3. The van der Waals surface area contributed by atoms with Gasteiger partial charge in [0, 0.05) is 13.0 Å². The number of amides is 1. The van der Waals surface area contributed by atoms with E-state index in [4.69, 9.17) is 11.6 Å². The van der Waals surface area contributed by atoms with Crippen molar-refractivity contribution in [1.29, 1.82) is 0 Å². The lowest BCUT2D eigenvalue weighted by atomic mass is 9.96. The molecule has 4 heteroatoms. The molecule has 1 aromatic heterocycles. The Morgan fingerprint density at radius 2 is 2.26 bits per heavy atom. The molecule has 0 N–H and O–H groups in total. The smallest absolute Gasteiger partial charge is 0.222 e. The number of likely N-dealkylation sites (tertiary alicyclic amines) is 1. The Balaban J connectivity index is 1.97. The van der Waals surface area contributed by atoms with Crippen LogP contribution >= 0.6 is 11.6 Å². The lowest BCUT2D eigenvalue weighted by molar-refractivity contribution is -0.131. The van der Waals surface area contributed by atoms with Crippen molar-refractivity contribution in [3.8, 4) is 0 Å².